The molecule has 0 radical (unpaired) electrons. The first kappa shape index (κ1) is 19.7. The summed E-state index contributed by atoms with van der Waals surface area (Å²) in [6.45, 7) is 2.89. The number of nitrogens with one attached hydrogen (secondary N) is 1. The molecule has 1 amide bonds. The van der Waals surface area contributed by atoms with Crippen LogP contribution in [0.15, 0.2) is 47.4 Å². The molecule has 4 nitrogen and oxygen atoms in total. The molecular formula is C20H18ClNO3S2. The molecule has 0 bridgehead atoms. The number of ether oxygens (including phenoxy) is 2. The summed E-state index contributed by atoms with van der Waals surface area (Å²) in [5.41, 5.74) is 1.99. The van der Waals surface area contributed by atoms with E-state index in [2.05, 4.69) is 24.4 Å². The molecule has 0 aliphatic carbocycles. The average Bonchev–Trinajstić information content (AvgIpc) is 2.97. The van der Waals surface area contributed by atoms with Gasteiger partial charge in [0.2, 0.25) is 0 Å². The fraction of sp³-hybridized carbons (Fsp3) is 0.200. The largest absolute Gasteiger partial charge is 0.490 e. The fourth-order valence-corrected chi connectivity index (χ4v) is 3.67. The topological polar surface area (TPSA) is 47.6 Å². The van der Waals surface area contributed by atoms with Crippen molar-refractivity contribution in [1.29, 1.82) is 0 Å². The molecule has 3 rings (SSSR count). The minimum Gasteiger partial charge on any atom is -0.490 e. The zero-order valence-corrected chi connectivity index (χ0v) is 17.0. The van der Waals surface area contributed by atoms with E-state index >= 15 is 0 Å². The first-order valence-electron chi connectivity index (χ1n) is 8.44. The van der Waals surface area contributed by atoms with Crippen LogP contribution in [0.4, 0.5) is 0 Å². The normalized spacial score (nSPS) is 15.1. The Morgan fingerprint density at radius 1 is 1.15 bits per heavy atom. The van der Waals surface area contributed by atoms with Crippen LogP contribution in [0, 0.1) is 0 Å². The number of hydrogen-bond donors (Lipinski definition) is 1. The second-order valence-corrected chi connectivity index (χ2v) is 7.88. The van der Waals surface area contributed by atoms with Gasteiger partial charge in [-0.1, -0.05) is 54.6 Å². The van der Waals surface area contributed by atoms with Crippen molar-refractivity contribution in [2.24, 2.45) is 0 Å². The molecule has 1 N–H and O–H groups in total. The third-order valence-electron chi connectivity index (χ3n) is 3.84. The second kappa shape index (κ2) is 9.26. The molecule has 1 fully saturated rings. The zero-order chi connectivity index (χ0) is 19.2. The zero-order valence-electron chi connectivity index (χ0n) is 14.7. The van der Waals surface area contributed by atoms with Crippen LogP contribution in [-0.4, -0.2) is 23.4 Å². The lowest BCUT2D eigenvalue weighted by Gasteiger charge is -2.11. The highest BCUT2D eigenvalue weighted by atomic mass is 35.5. The number of rotatable bonds is 7. The Hall–Kier alpha value is -2.02. The van der Waals surface area contributed by atoms with Gasteiger partial charge < -0.3 is 14.8 Å². The van der Waals surface area contributed by atoms with Crippen molar-refractivity contribution in [1.82, 2.24) is 5.32 Å². The summed E-state index contributed by atoms with van der Waals surface area (Å²) in [5, 5.41) is 3.16. The van der Waals surface area contributed by atoms with Gasteiger partial charge in [-0.3, -0.25) is 4.79 Å². The Bertz CT molecular complexity index is 881. The van der Waals surface area contributed by atoms with Crippen LogP contribution in [0.5, 0.6) is 11.5 Å². The molecule has 1 heterocycles. The summed E-state index contributed by atoms with van der Waals surface area (Å²) in [4.78, 5) is 12.4. The van der Waals surface area contributed by atoms with Crippen molar-refractivity contribution < 1.29 is 14.3 Å². The van der Waals surface area contributed by atoms with Crippen molar-refractivity contribution in [3.05, 3.63) is 63.5 Å². The Labute approximate surface area is 172 Å². The fourth-order valence-electron chi connectivity index (χ4n) is 2.46. The highest BCUT2D eigenvalue weighted by molar-refractivity contribution is 8.26. The quantitative estimate of drug-likeness (QED) is 0.395. The lowest BCUT2D eigenvalue weighted by Crippen LogP contribution is -2.17. The molecule has 27 heavy (non-hydrogen) atoms. The SMILES string of the molecule is CCc1ccc(OCCOc2ccc(Cl)cc2C=C2SC(=S)NC2=O)cc1. The van der Waals surface area contributed by atoms with Crippen LogP contribution in [-0.2, 0) is 11.2 Å². The van der Waals surface area contributed by atoms with Crippen molar-refractivity contribution in [2.75, 3.05) is 13.2 Å². The van der Waals surface area contributed by atoms with Crippen LogP contribution in [0.1, 0.15) is 18.1 Å². The van der Waals surface area contributed by atoms with Gasteiger partial charge in [0.15, 0.2) is 0 Å². The third kappa shape index (κ3) is 5.48. The molecule has 0 unspecified atom stereocenters. The molecular weight excluding hydrogens is 402 g/mol. The maximum Gasteiger partial charge on any atom is 0.263 e. The van der Waals surface area contributed by atoms with E-state index < -0.39 is 0 Å². The van der Waals surface area contributed by atoms with Crippen molar-refractivity contribution in [2.45, 2.75) is 13.3 Å². The van der Waals surface area contributed by atoms with Crippen LogP contribution < -0.4 is 14.8 Å². The summed E-state index contributed by atoms with van der Waals surface area (Å²) in [7, 11) is 0. The predicted molar refractivity (Wildman–Crippen MR) is 115 cm³/mol. The number of thioether (sulfide) groups is 1. The maximum atomic E-state index is 11.9. The van der Waals surface area contributed by atoms with E-state index in [1.54, 1.807) is 24.3 Å². The lowest BCUT2D eigenvalue weighted by molar-refractivity contribution is -0.115. The highest BCUT2D eigenvalue weighted by Gasteiger charge is 2.22. The second-order valence-electron chi connectivity index (χ2n) is 5.73. The van der Waals surface area contributed by atoms with E-state index in [0.29, 0.717) is 33.2 Å². The number of aryl methyl sites for hydroxylation is 1. The Morgan fingerprint density at radius 2 is 1.89 bits per heavy atom. The summed E-state index contributed by atoms with van der Waals surface area (Å²) in [6, 6.07) is 13.3. The van der Waals surface area contributed by atoms with Gasteiger partial charge in [-0.25, -0.2) is 0 Å². The standard InChI is InChI=1S/C20H18ClNO3S2/c1-2-13-3-6-16(7-4-13)24-9-10-25-17-8-5-15(21)11-14(17)12-18-19(23)22-20(26)27-18/h3-8,11-12H,2,9-10H2,1H3,(H,22,23,26). The van der Waals surface area contributed by atoms with Crippen LogP contribution >= 0.6 is 35.6 Å². The van der Waals surface area contributed by atoms with E-state index in [4.69, 9.17) is 33.3 Å². The number of benzene rings is 2. The van der Waals surface area contributed by atoms with Crippen molar-refractivity contribution in [3.8, 4) is 11.5 Å². The molecule has 0 aromatic heterocycles. The minimum atomic E-state index is -0.213. The smallest absolute Gasteiger partial charge is 0.263 e. The molecule has 0 saturated carbocycles. The van der Waals surface area contributed by atoms with Gasteiger partial charge in [-0.05, 0) is 48.4 Å². The van der Waals surface area contributed by atoms with Crippen LogP contribution in [0.3, 0.4) is 0 Å². The van der Waals surface area contributed by atoms with E-state index in [0.717, 1.165) is 17.7 Å². The van der Waals surface area contributed by atoms with Crippen LogP contribution in [0.2, 0.25) is 5.02 Å². The monoisotopic (exact) mass is 419 g/mol. The van der Waals surface area contributed by atoms with E-state index in [9.17, 15) is 4.79 Å². The molecule has 0 atom stereocenters. The number of hydrogen-bond acceptors (Lipinski definition) is 5. The molecule has 2 aromatic carbocycles. The Morgan fingerprint density at radius 3 is 2.56 bits per heavy atom. The summed E-state index contributed by atoms with van der Waals surface area (Å²) < 4.78 is 12.0. The Kier molecular flexibility index (Phi) is 6.77. The number of thiocarbonyl (C=S) groups is 1. The predicted octanol–water partition coefficient (Wildman–Crippen LogP) is 4.85. The number of carbonyl (C=O) groups is 1. The average molecular weight is 420 g/mol. The van der Waals surface area contributed by atoms with E-state index in [1.807, 2.05) is 12.1 Å². The van der Waals surface area contributed by atoms with Gasteiger partial charge in [0.05, 0.1) is 4.91 Å². The molecule has 1 aliphatic rings. The first-order chi connectivity index (χ1) is 13.0. The molecule has 140 valence electrons. The van der Waals surface area contributed by atoms with Gasteiger partial charge in [-0.15, -0.1) is 0 Å². The Balaban J connectivity index is 1.62. The van der Waals surface area contributed by atoms with E-state index in [1.165, 1.54) is 17.3 Å². The van der Waals surface area contributed by atoms with Crippen molar-refractivity contribution >= 4 is 51.9 Å². The molecule has 1 aliphatic heterocycles. The number of halogens is 1. The van der Waals surface area contributed by atoms with E-state index in [-0.39, 0.29) is 5.91 Å². The number of carbonyl (C=O) groups excluding carboxylic acids is 1. The molecule has 7 heteroatoms. The minimum absolute atomic E-state index is 0.213. The van der Waals surface area contributed by atoms with Crippen LogP contribution in [0.25, 0.3) is 6.08 Å². The maximum absolute atomic E-state index is 11.9. The summed E-state index contributed by atoms with van der Waals surface area (Å²) >= 11 is 12.3. The van der Waals surface area contributed by atoms with Gasteiger partial charge >= 0.3 is 0 Å². The highest BCUT2D eigenvalue weighted by Crippen LogP contribution is 2.31. The molecule has 2 aromatic rings. The lowest BCUT2D eigenvalue weighted by atomic mass is 10.2. The summed E-state index contributed by atoms with van der Waals surface area (Å²) in [5.74, 6) is 1.22. The van der Waals surface area contributed by atoms with Gasteiger partial charge in [0, 0.05) is 10.6 Å². The van der Waals surface area contributed by atoms with Gasteiger partial charge in [0.1, 0.15) is 29.0 Å². The third-order valence-corrected chi connectivity index (χ3v) is 5.24. The summed E-state index contributed by atoms with van der Waals surface area (Å²) in [6.07, 6.45) is 2.73. The van der Waals surface area contributed by atoms with Gasteiger partial charge in [-0.2, -0.15) is 0 Å². The number of amides is 1. The first-order valence-corrected chi connectivity index (χ1v) is 10.0. The molecule has 1 saturated heterocycles. The molecule has 0 spiro atoms. The van der Waals surface area contributed by atoms with Gasteiger partial charge in [0.25, 0.3) is 5.91 Å². The van der Waals surface area contributed by atoms with Crippen molar-refractivity contribution in [3.63, 3.8) is 0 Å².